The van der Waals surface area contributed by atoms with E-state index >= 15 is 0 Å². The van der Waals surface area contributed by atoms with Crippen molar-refractivity contribution in [1.29, 1.82) is 0 Å². The molecule has 0 aliphatic carbocycles. The van der Waals surface area contributed by atoms with Crippen LogP contribution in [0.25, 0.3) is 0 Å². The van der Waals surface area contributed by atoms with Crippen molar-refractivity contribution in [2.24, 2.45) is 0 Å². The number of nitrogens with one attached hydrogen (secondary N) is 1. The van der Waals surface area contributed by atoms with E-state index in [0.29, 0.717) is 17.5 Å². The van der Waals surface area contributed by atoms with Crippen molar-refractivity contribution in [3.05, 3.63) is 71.3 Å². The first kappa shape index (κ1) is 14.5. The number of hydrogen-bond acceptors (Lipinski definition) is 4. The fourth-order valence-electron chi connectivity index (χ4n) is 2.34. The molecule has 2 aromatic carbocycles. The fourth-order valence-corrected chi connectivity index (χ4v) is 3.20. The van der Waals surface area contributed by atoms with Crippen LogP contribution < -0.4 is 5.32 Å². The van der Waals surface area contributed by atoms with Crippen molar-refractivity contribution in [1.82, 2.24) is 5.32 Å². The first-order chi connectivity index (χ1) is 10.6. The number of imide groups is 1. The molecule has 0 bridgehead atoms. The molecule has 0 aromatic heterocycles. The molecule has 1 fully saturated rings. The summed E-state index contributed by atoms with van der Waals surface area (Å²) in [6.07, 6.45) is 0.429. The van der Waals surface area contributed by atoms with E-state index in [1.165, 1.54) is 0 Å². The van der Waals surface area contributed by atoms with E-state index in [4.69, 9.17) is 0 Å². The number of amides is 2. The number of carbonyl (C=O) groups is 3. The maximum Gasteiger partial charge on any atom is 0.286 e. The summed E-state index contributed by atoms with van der Waals surface area (Å²) in [5.41, 5.74) is 2.07. The van der Waals surface area contributed by atoms with Gasteiger partial charge in [-0.2, -0.15) is 0 Å². The summed E-state index contributed by atoms with van der Waals surface area (Å²) in [5.74, 6) is -0.322. The second-order valence-corrected chi connectivity index (χ2v) is 6.16. The van der Waals surface area contributed by atoms with Gasteiger partial charge < -0.3 is 0 Å². The SMILES string of the molecule is O=C1NC(=O)C(Cc2cccc(C(=O)c3ccccc3)c2)S1. The average Bonchev–Trinajstić information content (AvgIpc) is 2.85. The minimum absolute atomic E-state index is 0.0537. The number of ketones is 1. The van der Waals surface area contributed by atoms with Crippen LogP contribution in [-0.4, -0.2) is 22.2 Å². The van der Waals surface area contributed by atoms with E-state index in [2.05, 4.69) is 5.32 Å². The van der Waals surface area contributed by atoms with Crippen molar-refractivity contribution in [3.63, 3.8) is 0 Å². The Kier molecular flexibility index (Phi) is 4.06. The second kappa shape index (κ2) is 6.15. The van der Waals surface area contributed by atoms with Crippen LogP contribution in [0, 0.1) is 0 Å². The van der Waals surface area contributed by atoms with Gasteiger partial charge in [-0.1, -0.05) is 60.3 Å². The van der Waals surface area contributed by atoms with E-state index in [-0.39, 0.29) is 16.9 Å². The molecule has 1 N–H and O–H groups in total. The van der Waals surface area contributed by atoms with Gasteiger partial charge >= 0.3 is 0 Å². The number of benzene rings is 2. The summed E-state index contributed by atoms with van der Waals surface area (Å²) in [4.78, 5) is 35.2. The zero-order valence-electron chi connectivity index (χ0n) is 11.6. The number of thioether (sulfide) groups is 1. The van der Waals surface area contributed by atoms with Crippen LogP contribution in [0.5, 0.6) is 0 Å². The Balaban J connectivity index is 1.80. The number of rotatable bonds is 4. The minimum Gasteiger partial charge on any atom is -0.289 e. The summed E-state index contributed by atoms with van der Waals surface area (Å²) in [7, 11) is 0. The lowest BCUT2D eigenvalue weighted by molar-refractivity contribution is -0.118. The Labute approximate surface area is 131 Å². The van der Waals surface area contributed by atoms with E-state index in [1.807, 2.05) is 24.3 Å². The van der Waals surface area contributed by atoms with E-state index < -0.39 is 5.25 Å². The van der Waals surface area contributed by atoms with Gasteiger partial charge in [0.25, 0.3) is 5.24 Å². The molecule has 1 unspecified atom stereocenters. The highest BCUT2D eigenvalue weighted by Crippen LogP contribution is 2.23. The monoisotopic (exact) mass is 311 g/mol. The molecule has 110 valence electrons. The maximum atomic E-state index is 12.4. The molecule has 0 spiro atoms. The van der Waals surface area contributed by atoms with E-state index in [0.717, 1.165) is 17.3 Å². The number of carbonyl (C=O) groups excluding carboxylic acids is 3. The predicted molar refractivity (Wildman–Crippen MR) is 84.9 cm³/mol. The van der Waals surface area contributed by atoms with Crippen LogP contribution in [-0.2, 0) is 11.2 Å². The zero-order valence-corrected chi connectivity index (χ0v) is 12.4. The molecule has 1 aliphatic rings. The Bertz CT molecular complexity index is 743. The molecule has 2 aromatic rings. The van der Waals surface area contributed by atoms with Gasteiger partial charge in [-0.15, -0.1) is 0 Å². The summed E-state index contributed by atoms with van der Waals surface area (Å²) < 4.78 is 0. The highest BCUT2D eigenvalue weighted by Gasteiger charge is 2.31. The number of hydrogen-bond donors (Lipinski definition) is 1. The highest BCUT2D eigenvalue weighted by molar-refractivity contribution is 8.15. The molecular weight excluding hydrogens is 298 g/mol. The standard InChI is InChI=1S/C17H13NO3S/c19-15(12-6-2-1-3-7-12)13-8-4-5-11(9-13)10-14-16(20)18-17(21)22-14/h1-9,14H,10H2,(H,18,20,21). The molecular formula is C17H13NO3S. The third-order valence-electron chi connectivity index (χ3n) is 3.41. The van der Waals surface area contributed by atoms with E-state index in [9.17, 15) is 14.4 Å². The smallest absolute Gasteiger partial charge is 0.286 e. The quantitative estimate of drug-likeness (QED) is 0.882. The van der Waals surface area contributed by atoms with Crippen LogP contribution in [0.3, 0.4) is 0 Å². The molecule has 1 saturated heterocycles. The van der Waals surface area contributed by atoms with Crippen LogP contribution in [0.1, 0.15) is 21.5 Å². The predicted octanol–water partition coefficient (Wildman–Crippen LogP) is 2.81. The van der Waals surface area contributed by atoms with E-state index in [1.54, 1.807) is 30.3 Å². The first-order valence-corrected chi connectivity index (χ1v) is 7.71. The lowest BCUT2D eigenvalue weighted by Gasteiger charge is -2.07. The topological polar surface area (TPSA) is 63.2 Å². The lowest BCUT2D eigenvalue weighted by Crippen LogP contribution is -2.25. The average molecular weight is 311 g/mol. The molecule has 2 amide bonds. The summed E-state index contributed by atoms with van der Waals surface area (Å²) >= 11 is 0.995. The van der Waals surface area contributed by atoms with Gasteiger partial charge in [0.2, 0.25) is 5.91 Å². The van der Waals surface area contributed by atoms with Crippen LogP contribution in [0.15, 0.2) is 54.6 Å². The molecule has 3 rings (SSSR count). The van der Waals surface area contributed by atoms with Gasteiger partial charge in [-0.05, 0) is 18.1 Å². The molecule has 1 atom stereocenters. The molecule has 1 aliphatic heterocycles. The Morgan fingerprint density at radius 2 is 1.73 bits per heavy atom. The lowest BCUT2D eigenvalue weighted by atomic mass is 9.99. The fraction of sp³-hybridized carbons (Fsp3) is 0.118. The largest absolute Gasteiger partial charge is 0.289 e. The molecule has 22 heavy (non-hydrogen) atoms. The van der Waals surface area contributed by atoms with Crippen molar-refractivity contribution >= 4 is 28.7 Å². The summed E-state index contributed by atoms with van der Waals surface area (Å²) in [6, 6.07) is 16.2. The molecule has 0 radical (unpaired) electrons. The third-order valence-corrected chi connectivity index (χ3v) is 4.39. The first-order valence-electron chi connectivity index (χ1n) is 6.83. The van der Waals surface area contributed by atoms with Gasteiger partial charge in [0, 0.05) is 11.1 Å². The van der Waals surface area contributed by atoms with Crippen LogP contribution in [0.2, 0.25) is 0 Å². The maximum absolute atomic E-state index is 12.4. The van der Waals surface area contributed by atoms with Crippen molar-refractivity contribution in [2.45, 2.75) is 11.7 Å². The molecule has 0 saturated carbocycles. The zero-order chi connectivity index (χ0) is 15.5. The van der Waals surface area contributed by atoms with Gasteiger partial charge in [-0.25, -0.2) is 0 Å². The van der Waals surface area contributed by atoms with Crippen LogP contribution >= 0.6 is 11.8 Å². The molecule has 4 nitrogen and oxygen atoms in total. The van der Waals surface area contributed by atoms with Crippen molar-refractivity contribution in [3.8, 4) is 0 Å². The summed E-state index contributed by atoms with van der Waals surface area (Å²) in [6.45, 7) is 0. The van der Waals surface area contributed by atoms with Crippen molar-refractivity contribution < 1.29 is 14.4 Å². The minimum atomic E-state index is -0.422. The molecule has 1 heterocycles. The van der Waals surface area contributed by atoms with Gasteiger partial charge in [0.15, 0.2) is 5.78 Å². The van der Waals surface area contributed by atoms with Crippen molar-refractivity contribution in [2.75, 3.05) is 0 Å². The second-order valence-electron chi connectivity index (χ2n) is 4.98. The summed E-state index contributed by atoms with van der Waals surface area (Å²) in [5, 5.41) is 1.53. The highest BCUT2D eigenvalue weighted by atomic mass is 32.2. The normalized spacial score (nSPS) is 17.4. The Morgan fingerprint density at radius 3 is 2.41 bits per heavy atom. The Morgan fingerprint density at radius 1 is 1.00 bits per heavy atom. The third kappa shape index (κ3) is 3.09. The van der Waals surface area contributed by atoms with Gasteiger partial charge in [-0.3, -0.25) is 19.7 Å². The van der Waals surface area contributed by atoms with Gasteiger partial charge in [0.05, 0.1) is 5.25 Å². The molecule has 5 heteroatoms. The Hall–Kier alpha value is -2.40. The van der Waals surface area contributed by atoms with Gasteiger partial charge in [0.1, 0.15) is 0 Å². The van der Waals surface area contributed by atoms with Crippen LogP contribution in [0.4, 0.5) is 4.79 Å².